The van der Waals surface area contributed by atoms with Crippen LogP contribution in [-0.2, 0) is 4.79 Å². The van der Waals surface area contributed by atoms with E-state index in [1.807, 2.05) is 48.5 Å². The van der Waals surface area contributed by atoms with Crippen LogP contribution in [0.25, 0.3) is 11.3 Å². The summed E-state index contributed by atoms with van der Waals surface area (Å²) in [6, 6.07) is 19.8. The number of rotatable bonds is 6. The van der Waals surface area contributed by atoms with Gasteiger partial charge < -0.3 is 15.0 Å². The molecule has 0 spiro atoms. The number of anilines is 2. The minimum Gasteiger partial charge on any atom is -0.496 e. The van der Waals surface area contributed by atoms with Gasteiger partial charge in [-0.3, -0.25) is 4.79 Å². The van der Waals surface area contributed by atoms with E-state index < -0.39 is 0 Å². The zero-order valence-corrected chi connectivity index (χ0v) is 18.9. The average Bonchev–Trinajstić information content (AvgIpc) is 2.84. The Balaban J connectivity index is 1.41. The quantitative estimate of drug-likeness (QED) is 0.587. The Morgan fingerprint density at radius 1 is 1.06 bits per heavy atom. The van der Waals surface area contributed by atoms with Crippen molar-refractivity contribution >= 4 is 17.4 Å². The molecule has 32 heavy (non-hydrogen) atoms. The molecular weight excluding hydrogens is 400 g/mol. The molecule has 6 nitrogen and oxygen atoms in total. The smallest absolute Gasteiger partial charge is 0.229 e. The lowest BCUT2D eigenvalue weighted by molar-refractivity contribution is -0.120. The van der Waals surface area contributed by atoms with E-state index in [1.54, 1.807) is 7.11 Å². The molecule has 6 heteroatoms. The molecular formula is C26H30N4O2. The number of nitrogens with zero attached hydrogens (tertiary/aromatic N) is 3. The number of piperidine rings is 1. The summed E-state index contributed by atoms with van der Waals surface area (Å²) in [5, 5.41) is 11.9. The summed E-state index contributed by atoms with van der Waals surface area (Å²) in [4.78, 5) is 15.0. The van der Waals surface area contributed by atoms with Crippen molar-refractivity contribution in [1.82, 2.24) is 10.2 Å². The molecule has 2 aromatic carbocycles. The molecule has 1 unspecified atom stereocenters. The molecule has 1 aromatic heterocycles. The standard InChI is InChI=1S/C26H30N4O2/c1-18(2)19-10-12-21(13-11-19)27-26(31)20-7-6-16-30(17-20)25-15-14-23(28-29-25)22-8-4-5-9-24(22)32-3/h4-5,8-15,18,20H,6-7,16-17H2,1-3H3,(H,27,31). The topological polar surface area (TPSA) is 67.3 Å². The van der Waals surface area contributed by atoms with Crippen molar-refractivity contribution in [2.75, 3.05) is 30.4 Å². The molecule has 166 valence electrons. The van der Waals surface area contributed by atoms with Gasteiger partial charge in [0, 0.05) is 24.3 Å². The van der Waals surface area contributed by atoms with Gasteiger partial charge in [-0.15, -0.1) is 10.2 Å². The van der Waals surface area contributed by atoms with E-state index >= 15 is 0 Å². The van der Waals surface area contributed by atoms with Crippen LogP contribution in [0.3, 0.4) is 0 Å². The van der Waals surface area contributed by atoms with Crippen LogP contribution in [0.2, 0.25) is 0 Å². The molecule has 1 atom stereocenters. The van der Waals surface area contributed by atoms with E-state index in [0.717, 1.165) is 47.9 Å². The Hall–Kier alpha value is -3.41. The molecule has 1 saturated heterocycles. The van der Waals surface area contributed by atoms with E-state index in [9.17, 15) is 4.79 Å². The molecule has 2 heterocycles. The second-order valence-corrected chi connectivity index (χ2v) is 8.53. The van der Waals surface area contributed by atoms with Gasteiger partial charge in [0.2, 0.25) is 5.91 Å². The molecule has 3 aromatic rings. The van der Waals surface area contributed by atoms with Crippen LogP contribution >= 0.6 is 0 Å². The number of nitrogens with one attached hydrogen (secondary N) is 1. The molecule has 0 aliphatic carbocycles. The Kier molecular flexibility index (Phi) is 6.69. The van der Waals surface area contributed by atoms with E-state index in [0.29, 0.717) is 12.5 Å². The van der Waals surface area contributed by atoms with Crippen molar-refractivity contribution in [2.45, 2.75) is 32.6 Å². The van der Waals surface area contributed by atoms with E-state index in [4.69, 9.17) is 4.74 Å². The Bertz CT molecular complexity index is 1050. The number of carbonyl (C=O) groups excluding carboxylic acids is 1. The lowest BCUT2D eigenvalue weighted by Gasteiger charge is -2.32. The first kappa shape index (κ1) is 21.8. The van der Waals surface area contributed by atoms with Gasteiger partial charge in [0.1, 0.15) is 5.75 Å². The summed E-state index contributed by atoms with van der Waals surface area (Å²) < 4.78 is 5.43. The van der Waals surface area contributed by atoms with Crippen LogP contribution < -0.4 is 15.0 Å². The van der Waals surface area contributed by atoms with E-state index in [-0.39, 0.29) is 11.8 Å². The first-order valence-electron chi connectivity index (χ1n) is 11.2. The second kappa shape index (κ2) is 9.81. The van der Waals surface area contributed by atoms with Crippen LogP contribution in [-0.4, -0.2) is 36.3 Å². The highest BCUT2D eigenvalue weighted by molar-refractivity contribution is 5.93. The van der Waals surface area contributed by atoms with Gasteiger partial charge in [-0.05, 0) is 60.7 Å². The molecule has 1 amide bonds. The summed E-state index contributed by atoms with van der Waals surface area (Å²) in [7, 11) is 1.65. The van der Waals surface area contributed by atoms with Gasteiger partial charge in [0.05, 0.1) is 18.7 Å². The van der Waals surface area contributed by atoms with Gasteiger partial charge in [-0.2, -0.15) is 0 Å². The molecule has 0 saturated carbocycles. The Labute approximate surface area is 189 Å². The van der Waals surface area contributed by atoms with Crippen molar-refractivity contribution in [3.8, 4) is 17.0 Å². The fourth-order valence-corrected chi connectivity index (χ4v) is 4.09. The highest BCUT2D eigenvalue weighted by Crippen LogP contribution is 2.29. The number of amides is 1. The molecule has 1 N–H and O–H groups in total. The van der Waals surface area contributed by atoms with Crippen molar-refractivity contribution in [2.24, 2.45) is 5.92 Å². The maximum Gasteiger partial charge on any atom is 0.229 e. The highest BCUT2D eigenvalue weighted by atomic mass is 16.5. The van der Waals surface area contributed by atoms with Crippen LogP contribution in [0, 0.1) is 5.92 Å². The third-order valence-corrected chi connectivity index (χ3v) is 5.99. The lowest BCUT2D eigenvalue weighted by Crippen LogP contribution is -2.41. The second-order valence-electron chi connectivity index (χ2n) is 8.53. The summed E-state index contributed by atoms with van der Waals surface area (Å²) >= 11 is 0. The van der Waals surface area contributed by atoms with Gasteiger partial charge in [0.25, 0.3) is 0 Å². The number of carbonyl (C=O) groups is 1. The summed E-state index contributed by atoms with van der Waals surface area (Å²) in [6.45, 7) is 5.83. The van der Waals surface area contributed by atoms with Crippen LogP contribution in [0.4, 0.5) is 11.5 Å². The summed E-state index contributed by atoms with van der Waals surface area (Å²) in [5.74, 6) is 2.02. The van der Waals surface area contributed by atoms with Crippen molar-refractivity contribution in [3.05, 3.63) is 66.2 Å². The predicted octanol–water partition coefficient (Wildman–Crippen LogP) is 5.13. The molecule has 1 aliphatic rings. The molecule has 4 rings (SSSR count). The average molecular weight is 431 g/mol. The maximum absolute atomic E-state index is 12.9. The molecule has 0 bridgehead atoms. The number of hydrogen-bond donors (Lipinski definition) is 1. The van der Waals surface area contributed by atoms with Gasteiger partial charge in [-0.1, -0.05) is 38.1 Å². The predicted molar refractivity (Wildman–Crippen MR) is 128 cm³/mol. The fraction of sp³-hybridized carbons (Fsp3) is 0.346. The Morgan fingerprint density at radius 3 is 2.53 bits per heavy atom. The van der Waals surface area contributed by atoms with Crippen LogP contribution in [0.15, 0.2) is 60.7 Å². The zero-order valence-electron chi connectivity index (χ0n) is 18.9. The third kappa shape index (κ3) is 4.90. The number of aromatic nitrogens is 2. The number of ether oxygens (including phenoxy) is 1. The number of hydrogen-bond acceptors (Lipinski definition) is 5. The van der Waals surface area contributed by atoms with Crippen LogP contribution in [0.5, 0.6) is 5.75 Å². The minimum atomic E-state index is -0.0794. The molecule has 1 fully saturated rings. The van der Waals surface area contributed by atoms with Gasteiger partial charge in [-0.25, -0.2) is 0 Å². The lowest BCUT2D eigenvalue weighted by atomic mass is 9.96. The molecule has 0 radical (unpaired) electrons. The van der Waals surface area contributed by atoms with Crippen molar-refractivity contribution in [1.29, 1.82) is 0 Å². The van der Waals surface area contributed by atoms with E-state index in [2.05, 4.69) is 46.4 Å². The van der Waals surface area contributed by atoms with E-state index in [1.165, 1.54) is 5.56 Å². The minimum absolute atomic E-state index is 0.0607. The van der Waals surface area contributed by atoms with Crippen LogP contribution in [0.1, 0.15) is 38.2 Å². The first-order chi connectivity index (χ1) is 15.5. The van der Waals surface area contributed by atoms with Crippen molar-refractivity contribution < 1.29 is 9.53 Å². The number of benzene rings is 2. The maximum atomic E-state index is 12.9. The largest absolute Gasteiger partial charge is 0.496 e. The van der Waals surface area contributed by atoms with Gasteiger partial charge in [0.15, 0.2) is 5.82 Å². The third-order valence-electron chi connectivity index (χ3n) is 5.99. The monoisotopic (exact) mass is 430 g/mol. The highest BCUT2D eigenvalue weighted by Gasteiger charge is 2.27. The normalized spacial score (nSPS) is 16.1. The summed E-state index contributed by atoms with van der Waals surface area (Å²) in [6.07, 6.45) is 1.82. The van der Waals surface area contributed by atoms with Crippen molar-refractivity contribution in [3.63, 3.8) is 0 Å². The zero-order chi connectivity index (χ0) is 22.5. The van der Waals surface area contributed by atoms with Gasteiger partial charge >= 0.3 is 0 Å². The number of para-hydroxylation sites is 1. The fourth-order valence-electron chi connectivity index (χ4n) is 4.09. The molecule has 1 aliphatic heterocycles. The SMILES string of the molecule is COc1ccccc1-c1ccc(N2CCCC(C(=O)Nc3ccc(C(C)C)cc3)C2)nn1. The first-order valence-corrected chi connectivity index (χ1v) is 11.2. The summed E-state index contributed by atoms with van der Waals surface area (Å²) in [5.41, 5.74) is 3.79. The number of methoxy groups -OCH3 is 1. The Morgan fingerprint density at radius 2 is 1.84 bits per heavy atom.